The minimum atomic E-state index is -1.61. The number of imidazole rings is 1. The molecule has 2 heterocycles. The Hall–Kier alpha value is -3.38. The van der Waals surface area contributed by atoms with Gasteiger partial charge in [0.2, 0.25) is 0 Å². The normalized spacial score (nSPS) is 13.0. The first-order chi connectivity index (χ1) is 16.0. The van der Waals surface area contributed by atoms with Crippen LogP contribution in [0.5, 0.6) is 5.75 Å². The predicted octanol–water partition coefficient (Wildman–Crippen LogP) is 0.225. The van der Waals surface area contributed by atoms with E-state index in [1.165, 1.54) is 6.92 Å². The van der Waals surface area contributed by atoms with Gasteiger partial charge in [-0.2, -0.15) is 0 Å². The number of rotatable bonds is 6. The van der Waals surface area contributed by atoms with Gasteiger partial charge < -0.3 is 20.1 Å². The molecule has 3 N–H and O–H groups in total. The third-order valence-corrected chi connectivity index (χ3v) is 5.64. The average molecular weight is 440 g/mol. The van der Waals surface area contributed by atoms with Gasteiger partial charge in [-0.1, -0.05) is 29.6 Å². The number of hydrogen-bond donors (Lipinski definition) is 3. The van der Waals surface area contributed by atoms with Gasteiger partial charge >= 0.3 is 0 Å². The van der Waals surface area contributed by atoms with Gasteiger partial charge in [0.1, 0.15) is 43.0 Å². The Morgan fingerprint density at radius 2 is 1.85 bits per heavy atom. The second kappa shape index (κ2) is 8.76. The smallest absolute Gasteiger partial charge is 0.130 e. The molecule has 1 atom stereocenters. The molecule has 8 radical (unpaired) electrons. The van der Waals surface area contributed by atoms with Gasteiger partial charge in [-0.3, -0.25) is 0 Å². The minimum absolute atomic E-state index is 0.0252. The monoisotopic (exact) mass is 440 g/mol. The lowest BCUT2D eigenvalue weighted by Crippen LogP contribution is -2.41. The molecule has 6 nitrogen and oxygen atoms in total. The highest BCUT2D eigenvalue weighted by Gasteiger charge is 2.22. The number of aromatic nitrogens is 3. The van der Waals surface area contributed by atoms with Crippen molar-refractivity contribution in [3.05, 3.63) is 60.7 Å². The van der Waals surface area contributed by atoms with Crippen LogP contribution in [0.3, 0.4) is 0 Å². The number of phenols is 1. The maximum Gasteiger partial charge on any atom is 0.130 e. The van der Waals surface area contributed by atoms with E-state index in [4.69, 9.17) is 31.4 Å². The zero-order valence-electron chi connectivity index (χ0n) is 19.0. The highest BCUT2D eigenvalue weighted by atomic mass is 16.3. The number of hydrogen-bond acceptors (Lipinski definition) is 5. The Bertz CT molecular complexity index is 1400. The first-order valence-corrected chi connectivity index (χ1v) is 10.5. The van der Waals surface area contributed by atoms with Gasteiger partial charge in [0, 0.05) is 35.4 Å². The van der Waals surface area contributed by atoms with Crippen LogP contribution in [-0.2, 0) is 13.5 Å². The first-order valence-electron chi connectivity index (χ1n) is 10.5. The summed E-state index contributed by atoms with van der Waals surface area (Å²) in [4.78, 5) is 8.61. The van der Waals surface area contributed by atoms with E-state index in [-0.39, 0.29) is 39.7 Å². The Morgan fingerprint density at radius 3 is 2.50 bits per heavy atom. The average Bonchev–Trinajstić information content (AvgIpc) is 3.20. The lowest BCUT2D eigenvalue weighted by atomic mass is 9.66. The lowest BCUT2D eigenvalue weighted by molar-refractivity contribution is 0.148. The number of nitrogens with zero attached hydrogens (tertiary/aromatic N) is 3. The van der Waals surface area contributed by atoms with Crippen LogP contribution < -0.4 is 21.7 Å². The van der Waals surface area contributed by atoms with E-state index in [9.17, 15) is 10.2 Å². The number of aliphatic hydroxyl groups is 1. The van der Waals surface area contributed by atoms with Gasteiger partial charge in [0.15, 0.2) is 0 Å². The fourth-order valence-corrected chi connectivity index (χ4v) is 3.93. The summed E-state index contributed by atoms with van der Waals surface area (Å²) in [6.07, 6.45) is 5.16. The fraction of sp³-hybridized carbons (Fsp3) is 0.167. The number of aryl methyl sites for hydroxylation is 1. The zero-order valence-corrected chi connectivity index (χ0v) is 19.0. The summed E-state index contributed by atoms with van der Waals surface area (Å²) in [7, 11) is 26.1. The molecule has 10 heteroatoms. The molecule has 0 fully saturated rings. The number of phenolic OH excluding ortho intramolecular Hbond substituents is 1. The molecule has 0 aliphatic heterocycles. The second-order valence-corrected chi connectivity index (χ2v) is 8.60. The largest absolute Gasteiger partial charge is 0.508 e. The molecule has 0 bridgehead atoms. The third kappa shape index (κ3) is 4.50. The van der Waals surface area contributed by atoms with Crippen LogP contribution in [-0.4, -0.2) is 61.6 Å². The molecule has 4 aromatic rings. The van der Waals surface area contributed by atoms with Crippen LogP contribution in [0.4, 0.5) is 5.82 Å². The molecule has 0 aliphatic rings. The Morgan fingerprint density at radius 1 is 1.12 bits per heavy atom. The van der Waals surface area contributed by atoms with Crippen molar-refractivity contribution in [2.45, 2.75) is 18.8 Å². The highest BCUT2D eigenvalue weighted by Crippen LogP contribution is 2.26. The number of aromatic hydroxyl groups is 1. The van der Waals surface area contributed by atoms with Gasteiger partial charge in [-0.25, -0.2) is 9.97 Å². The third-order valence-electron chi connectivity index (χ3n) is 5.64. The molecule has 0 aliphatic carbocycles. The van der Waals surface area contributed by atoms with Gasteiger partial charge in [0.05, 0.1) is 18.2 Å². The van der Waals surface area contributed by atoms with Crippen LogP contribution in [0.15, 0.2) is 49.6 Å². The van der Waals surface area contributed by atoms with E-state index in [0.717, 1.165) is 22.0 Å². The molecule has 0 saturated heterocycles. The Balaban J connectivity index is 1.68. The van der Waals surface area contributed by atoms with E-state index < -0.39 is 5.50 Å². The summed E-state index contributed by atoms with van der Waals surface area (Å²) in [6.45, 7) is 5.40. The van der Waals surface area contributed by atoms with Crippen molar-refractivity contribution in [2.75, 3.05) is 5.32 Å². The van der Waals surface area contributed by atoms with E-state index >= 15 is 0 Å². The molecule has 0 spiro atoms. The molecule has 1 unspecified atom stereocenters. The predicted molar refractivity (Wildman–Crippen MR) is 141 cm³/mol. The van der Waals surface area contributed by atoms with Crippen LogP contribution in [0.1, 0.15) is 18.1 Å². The summed E-state index contributed by atoms with van der Waals surface area (Å²) in [6, 6.07) is 7.92. The van der Waals surface area contributed by atoms with Crippen molar-refractivity contribution in [3.63, 3.8) is 0 Å². The van der Waals surface area contributed by atoms with Crippen molar-refractivity contribution in [3.8, 4) is 17.0 Å². The SMILES string of the molecule is [B]c1c([B])c(C(=C)Nc2cc3cc(-c4cncn4C)ccc3cn2)c([B])c(O)c1CC([B])(C)O. The van der Waals surface area contributed by atoms with Crippen LogP contribution >= 0.6 is 0 Å². The molecule has 2 aromatic heterocycles. The van der Waals surface area contributed by atoms with Crippen molar-refractivity contribution in [1.29, 1.82) is 0 Å². The maximum atomic E-state index is 10.6. The van der Waals surface area contributed by atoms with Crippen LogP contribution in [0.25, 0.3) is 27.7 Å². The number of fused-ring (bicyclic) bond motifs is 1. The van der Waals surface area contributed by atoms with Gasteiger partial charge in [-0.15, -0.1) is 0 Å². The summed E-state index contributed by atoms with van der Waals surface area (Å²) in [5, 5.41) is 25.6. The number of benzene rings is 2. The van der Waals surface area contributed by atoms with Gasteiger partial charge in [0.25, 0.3) is 0 Å². The molecule has 4 rings (SSSR count). The Kier molecular flexibility index (Phi) is 6.13. The summed E-state index contributed by atoms with van der Waals surface area (Å²) >= 11 is 0. The van der Waals surface area contributed by atoms with Crippen molar-refractivity contribution < 1.29 is 10.2 Å². The van der Waals surface area contributed by atoms with E-state index in [1.54, 1.807) is 18.7 Å². The lowest BCUT2D eigenvalue weighted by Gasteiger charge is -2.26. The number of anilines is 1. The highest BCUT2D eigenvalue weighted by molar-refractivity contribution is 6.53. The van der Waals surface area contributed by atoms with Crippen molar-refractivity contribution in [2.24, 2.45) is 7.05 Å². The molecule has 160 valence electrons. The number of pyridine rings is 1. The molecule has 0 amide bonds. The van der Waals surface area contributed by atoms with E-state index in [0.29, 0.717) is 11.5 Å². The standard InChI is InChI=1S/C24H20B4N4O2/c1-12(19-21(26)20(25)16(8-24(2,28)34)23(33)22(19)27)31-18-7-15-6-13(4-5-14(15)9-30-18)17-10-29-11-32(17)3/h4-7,9-11,33-34H,1,8H2,2-3H3,(H,30,31). The summed E-state index contributed by atoms with van der Waals surface area (Å²) < 4.78 is 1.94. The van der Waals surface area contributed by atoms with Crippen LogP contribution in [0, 0.1) is 0 Å². The first kappa shape index (κ1) is 23.8. The molecular formula is C24H20B4N4O2. The Labute approximate surface area is 203 Å². The topological polar surface area (TPSA) is 83.2 Å². The molecule has 34 heavy (non-hydrogen) atoms. The number of nitrogens with one attached hydrogen (secondary N) is 1. The molecule has 0 saturated carbocycles. The molecule has 2 aromatic carbocycles. The van der Waals surface area contributed by atoms with Crippen LogP contribution in [0.2, 0.25) is 0 Å². The van der Waals surface area contributed by atoms with E-state index in [1.807, 2.05) is 35.9 Å². The van der Waals surface area contributed by atoms with Gasteiger partial charge in [-0.05, 0) is 47.5 Å². The fourth-order valence-electron chi connectivity index (χ4n) is 3.93. The minimum Gasteiger partial charge on any atom is -0.508 e. The van der Waals surface area contributed by atoms with Crippen molar-refractivity contribution >= 4 is 70.1 Å². The summed E-state index contributed by atoms with van der Waals surface area (Å²) in [5.74, 6) is 0.202. The summed E-state index contributed by atoms with van der Waals surface area (Å²) in [5.41, 5.74) is 1.28. The second-order valence-electron chi connectivity index (χ2n) is 8.60. The quantitative estimate of drug-likeness (QED) is 0.375. The zero-order chi connectivity index (χ0) is 24.8. The maximum absolute atomic E-state index is 10.6. The van der Waals surface area contributed by atoms with Crippen molar-refractivity contribution in [1.82, 2.24) is 14.5 Å². The molecular weight excluding hydrogens is 420 g/mol. The van der Waals surface area contributed by atoms with E-state index in [2.05, 4.69) is 21.9 Å².